The molecular formula is C15H10BrIO2. The van der Waals surface area contributed by atoms with E-state index in [4.69, 9.17) is 0 Å². The highest BCUT2D eigenvalue weighted by molar-refractivity contribution is 14.1. The number of carbonyl (C=O) groups is 1. The zero-order chi connectivity index (χ0) is 13.8. The van der Waals surface area contributed by atoms with Gasteiger partial charge in [-0.1, -0.05) is 40.2 Å². The van der Waals surface area contributed by atoms with Gasteiger partial charge in [-0.2, -0.15) is 0 Å². The third kappa shape index (κ3) is 3.91. The highest BCUT2D eigenvalue weighted by Crippen LogP contribution is 2.21. The summed E-state index contributed by atoms with van der Waals surface area (Å²) in [6, 6.07) is 15.0. The molecule has 2 aromatic rings. The van der Waals surface area contributed by atoms with Crippen LogP contribution in [0.25, 0.3) is 11.6 Å². The van der Waals surface area contributed by atoms with E-state index in [1.807, 2.05) is 48.5 Å². The maximum absolute atomic E-state index is 11.4. The van der Waals surface area contributed by atoms with E-state index in [1.54, 1.807) is 6.08 Å². The van der Waals surface area contributed by atoms with E-state index < -0.39 is 5.97 Å². The molecule has 96 valence electrons. The topological polar surface area (TPSA) is 37.3 Å². The van der Waals surface area contributed by atoms with Crippen molar-refractivity contribution in [2.75, 3.05) is 0 Å². The summed E-state index contributed by atoms with van der Waals surface area (Å²) >= 11 is 5.55. The summed E-state index contributed by atoms with van der Waals surface area (Å²) in [7, 11) is 0. The Balaban J connectivity index is 2.43. The number of carboxylic acids is 1. The molecule has 1 N–H and O–H groups in total. The highest BCUT2D eigenvalue weighted by atomic mass is 127. The van der Waals surface area contributed by atoms with Gasteiger partial charge in [0.1, 0.15) is 0 Å². The van der Waals surface area contributed by atoms with E-state index in [0.29, 0.717) is 11.1 Å². The van der Waals surface area contributed by atoms with Gasteiger partial charge in [0, 0.05) is 8.04 Å². The first kappa shape index (κ1) is 14.3. The van der Waals surface area contributed by atoms with Crippen LogP contribution in [0.4, 0.5) is 0 Å². The molecule has 0 amide bonds. The van der Waals surface area contributed by atoms with Crippen molar-refractivity contribution in [3.05, 3.63) is 67.7 Å². The standard InChI is InChI=1S/C15H10BrIO2/c16-12-5-1-10(2-6-12)9-14(15(18)19)11-3-7-13(17)8-4-11/h1-9H,(H,18,19)/b14-9+. The van der Waals surface area contributed by atoms with Crippen molar-refractivity contribution < 1.29 is 9.90 Å². The van der Waals surface area contributed by atoms with Gasteiger partial charge in [0.05, 0.1) is 5.57 Å². The summed E-state index contributed by atoms with van der Waals surface area (Å²) in [6.07, 6.45) is 1.68. The van der Waals surface area contributed by atoms with Gasteiger partial charge in [-0.15, -0.1) is 0 Å². The van der Waals surface area contributed by atoms with Crippen molar-refractivity contribution in [3.8, 4) is 0 Å². The summed E-state index contributed by atoms with van der Waals surface area (Å²) in [6.45, 7) is 0. The zero-order valence-electron chi connectivity index (χ0n) is 9.81. The molecule has 2 aromatic carbocycles. The lowest BCUT2D eigenvalue weighted by molar-refractivity contribution is -0.130. The molecule has 0 spiro atoms. The van der Waals surface area contributed by atoms with Gasteiger partial charge in [0.25, 0.3) is 0 Å². The minimum atomic E-state index is -0.927. The lowest BCUT2D eigenvalue weighted by Crippen LogP contribution is -1.99. The Bertz CT molecular complexity index is 616. The predicted molar refractivity (Wildman–Crippen MR) is 88.8 cm³/mol. The smallest absolute Gasteiger partial charge is 0.336 e. The molecule has 0 fully saturated rings. The van der Waals surface area contributed by atoms with Gasteiger partial charge in [0.2, 0.25) is 0 Å². The lowest BCUT2D eigenvalue weighted by atomic mass is 10.0. The molecule has 0 saturated heterocycles. The minimum absolute atomic E-state index is 0.290. The molecule has 0 saturated carbocycles. The average Bonchev–Trinajstić information content (AvgIpc) is 2.39. The van der Waals surface area contributed by atoms with Gasteiger partial charge in [-0.25, -0.2) is 4.79 Å². The van der Waals surface area contributed by atoms with Crippen LogP contribution in [0.15, 0.2) is 53.0 Å². The summed E-state index contributed by atoms with van der Waals surface area (Å²) in [5.41, 5.74) is 1.86. The first-order valence-electron chi connectivity index (χ1n) is 5.53. The van der Waals surface area contributed by atoms with E-state index >= 15 is 0 Å². The zero-order valence-corrected chi connectivity index (χ0v) is 13.6. The van der Waals surface area contributed by atoms with Gasteiger partial charge >= 0.3 is 5.97 Å². The van der Waals surface area contributed by atoms with Gasteiger partial charge in [-0.3, -0.25) is 0 Å². The molecule has 0 atom stereocenters. The first-order valence-corrected chi connectivity index (χ1v) is 7.40. The highest BCUT2D eigenvalue weighted by Gasteiger charge is 2.10. The summed E-state index contributed by atoms with van der Waals surface area (Å²) < 4.78 is 2.05. The summed E-state index contributed by atoms with van der Waals surface area (Å²) in [4.78, 5) is 11.4. The van der Waals surface area contributed by atoms with Crippen LogP contribution in [-0.4, -0.2) is 11.1 Å². The van der Waals surface area contributed by atoms with Crippen LogP contribution in [0, 0.1) is 3.57 Å². The molecule has 2 rings (SSSR count). The molecule has 0 radical (unpaired) electrons. The molecule has 4 heteroatoms. The van der Waals surface area contributed by atoms with Crippen LogP contribution in [-0.2, 0) is 4.79 Å². The second kappa shape index (κ2) is 6.34. The van der Waals surface area contributed by atoms with Crippen molar-refractivity contribution in [1.29, 1.82) is 0 Å². The van der Waals surface area contributed by atoms with Crippen molar-refractivity contribution in [1.82, 2.24) is 0 Å². The van der Waals surface area contributed by atoms with Gasteiger partial charge in [0.15, 0.2) is 0 Å². The quantitative estimate of drug-likeness (QED) is 0.438. The third-order valence-corrected chi connectivity index (χ3v) is 3.81. The van der Waals surface area contributed by atoms with Crippen molar-refractivity contribution in [2.24, 2.45) is 0 Å². The monoisotopic (exact) mass is 428 g/mol. The Morgan fingerprint density at radius 2 is 1.63 bits per heavy atom. The summed E-state index contributed by atoms with van der Waals surface area (Å²) in [5, 5.41) is 9.33. The van der Waals surface area contributed by atoms with Crippen molar-refractivity contribution in [3.63, 3.8) is 0 Å². The molecule has 0 aliphatic rings. The van der Waals surface area contributed by atoms with Crippen molar-refractivity contribution >= 4 is 56.1 Å². The Hall–Kier alpha value is -1.14. The number of hydrogen-bond acceptors (Lipinski definition) is 1. The number of carboxylic acid groups (broad SMARTS) is 1. The molecule has 0 unspecified atom stereocenters. The van der Waals surface area contributed by atoms with Crippen molar-refractivity contribution in [2.45, 2.75) is 0 Å². The fraction of sp³-hybridized carbons (Fsp3) is 0. The maximum atomic E-state index is 11.4. The first-order chi connectivity index (χ1) is 9.06. The molecule has 0 aromatic heterocycles. The van der Waals surface area contributed by atoms with Crippen LogP contribution in [0.2, 0.25) is 0 Å². The van der Waals surface area contributed by atoms with Crippen LogP contribution < -0.4 is 0 Å². The van der Waals surface area contributed by atoms with E-state index in [1.165, 1.54) is 0 Å². The molecule has 0 bridgehead atoms. The van der Waals surface area contributed by atoms with E-state index in [9.17, 15) is 9.90 Å². The van der Waals surface area contributed by atoms with Crippen LogP contribution in [0.3, 0.4) is 0 Å². The molecule has 2 nitrogen and oxygen atoms in total. The fourth-order valence-corrected chi connectivity index (χ4v) is 2.25. The molecule has 0 aliphatic carbocycles. The minimum Gasteiger partial charge on any atom is -0.478 e. The number of rotatable bonds is 3. The van der Waals surface area contributed by atoms with Gasteiger partial charge in [-0.05, 0) is 64.1 Å². The number of halogens is 2. The van der Waals surface area contributed by atoms with Crippen LogP contribution >= 0.6 is 38.5 Å². The maximum Gasteiger partial charge on any atom is 0.336 e. The second-order valence-corrected chi connectivity index (χ2v) is 6.08. The fourth-order valence-electron chi connectivity index (χ4n) is 1.62. The average molecular weight is 429 g/mol. The Morgan fingerprint density at radius 1 is 1.05 bits per heavy atom. The van der Waals surface area contributed by atoms with Gasteiger partial charge < -0.3 is 5.11 Å². The largest absolute Gasteiger partial charge is 0.478 e. The van der Waals surface area contributed by atoms with E-state index in [0.717, 1.165) is 13.6 Å². The lowest BCUT2D eigenvalue weighted by Gasteiger charge is -2.03. The molecular weight excluding hydrogens is 419 g/mol. The third-order valence-electron chi connectivity index (χ3n) is 2.57. The van der Waals surface area contributed by atoms with Crippen LogP contribution in [0.1, 0.15) is 11.1 Å². The van der Waals surface area contributed by atoms with Crippen LogP contribution in [0.5, 0.6) is 0 Å². The van der Waals surface area contributed by atoms with E-state index in [-0.39, 0.29) is 0 Å². The Labute approximate surface area is 133 Å². The SMILES string of the molecule is O=C(O)/C(=C/c1ccc(Br)cc1)c1ccc(I)cc1. The predicted octanol–water partition coefficient (Wildman–Crippen LogP) is 4.68. The normalized spacial score (nSPS) is 11.4. The second-order valence-electron chi connectivity index (χ2n) is 3.92. The number of benzene rings is 2. The number of aliphatic carboxylic acids is 1. The Kier molecular flexibility index (Phi) is 4.76. The molecule has 0 heterocycles. The van der Waals surface area contributed by atoms with E-state index in [2.05, 4.69) is 38.5 Å². The number of hydrogen-bond donors (Lipinski definition) is 1. The summed E-state index contributed by atoms with van der Waals surface area (Å²) in [5.74, 6) is -0.927. The molecule has 0 aliphatic heterocycles. The molecule has 19 heavy (non-hydrogen) atoms. The Morgan fingerprint density at radius 3 is 2.16 bits per heavy atom.